The number of nitrogens with zero attached hydrogens (tertiary/aromatic N) is 1. The lowest BCUT2D eigenvalue weighted by atomic mass is 10.1. The van der Waals surface area contributed by atoms with Crippen LogP contribution in [-0.2, 0) is 11.0 Å². The molecule has 0 aromatic heterocycles. The van der Waals surface area contributed by atoms with Gasteiger partial charge in [-0.2, -0.15) is 13.2 Å². The van der Waals surface area contributed by atoms with Gasteiger partial charge in [0.25, 0.3) is 0 Å². The van der Waals surface area contributed by atoms with Gasteiger partial charge in [-0.15, -0.1) is 0 Å². The number of alkyl halides is 3. The second-order valence-electron chi connectivity index (χ2n) is 4.41. The highest BCUT2D eigenvalue weighted by Crippen LogP contribution is 2.33. The Morgan fingerprint density at radius 1 is 1.38 bits per heavy atom. The fourth-order valence-corrected chi connectivity index (χ4v) is 2.02. The van der Waals surface area contributed by atoms with Gasteiger partial charge in [0.1, 0.15) is 0 Å². The minimum absolute atomic E-state index is 0.0433. The number of hydrogen-bond acceptors (Lipinski definition) is 2. The van der Waals surface area contributed by atoms with Crippen LogP contribution in [0.3, 0.4) is 0 Å². The number of allylic oxidation sites excluding steroid dienone is 1. The predicted molar refractivity (Wildman–Crippen MR) is 67.7 cm³/mol. The van der Waals surface area contributed by atoms with E-state index < -0.39 is 23.7 Å². The molecule has 5 nitrogen and oxygen atoms in total. The van der Waals surface area contributed by atoms with Gasteiger partial charge >= 0.3 is 18.2 Å². The van der Waals surface area contributed by atoms with Crippen molar-refractivity contribution in [2.75, 3.05) is 11.4 Å². The number of carboxylic acid groups (broad SMARTS) is 1. The van der Waals surface area contributed by atoms with Gasteiger partial charge in [0.2, 0.25) is 0 Å². The maximum Gasteiger partial charge on any atom is 0.416 e. The predicted octanol–water partition coefficient (Wildman–Crippen LogP) is 2.59. The molecule has 1 aromatic carbocycles. The van der Waals surface area contributed by atoms with Crippen molar-refractivity contribution in [1.82, 2.24) is 5.32 Å². The average molecular weight is 300 g/mol. The molecule has 0 bridgehead atoms. The highest BCUT2D eigenvalue weighted by molar-refractivity contribution is 6.01. The molecule has 0 aliphatic carbocycles. The Kier molecular flexibility index (Phi) is 3.63. The van der Waals surface area contributed by atoms with E-state index in [4.69, 9.17) is 5.11 Å². The van der Waals surface area contributed by atoms with Crippen LogP contribution in [-0.4, -0.2) is 23.7 Å². The number of urea groups is 1. The van der Waals surface area contributed by atoms with Crippen molar-refractivity contribution < 1.29 is 27.9 Å². The summed E-state index contributed by atoms with van der Waals surface area (Å²) in [7, 11) is 0. The molecule has 1 aliphatic heterocycles. The minimum Gasteiger partial charge on any atom is -0.478 e. The van der Waals surface area contributed by atoms with E-state index in [9.17, 15) is 22.8 Å². The molecule has 0 atom stereocenters. The second-order valence-corrected chi connectivity index (χ2v) is 4.41. The molecule has 112 valence electrons. The molecule has 0 saturated heterocycles. The molecule has 1 heterocycles. The fraction of sp³-hybridized carbons (Fsp3) is 0.231. The highest BCUT2D eigenvalue weighted by atomic mass is 19.4. The van der Waals surface area contributed by atoms with Crippen molar-refractivity contribution >= 4 is 17.7 Å². The van der Waals surface area contributed by atoms with Gasteiger partial charge in [0.15, 0.2) is 0 Å². The summed E-state index contributed by atoms with van der Waals surface area (Å²) >= 11 is 0. The van der Waals surface area contributed by atoms with Crippen molar-refractivity contribution in [2.24, 2.45) is 0 Å². The number of amides is 2. The number of carbonyl (C=O) groups excluding carboxylic acids is 1. The van der Waals surface area contributed by atoms with Gasteiger partial charge < -0.3 is 10.4 Å². The highest BCUT2D eigenvalue weighted by Gasteiger charge is 2.33. The normalized spacial score (nSPS) is 16.0. The number of hydrogen-bond donors (Lipinski definition) is 2. The summed E-state index contributed by atoms with van der Waals surface area (Å²) in [4.78, 5) is 23.8. The summed E-state index contributed by atoms with van der Waals surface area (Å²) in [6.07, 6.45) is -4.55. The van der Waals surface area contributed by atoms with Crippen molar-refractivity contribution in [3.8, 4) is 0 Å². The number of anilines is 1. The third kappa shape index (κ3) is 2.83. The summed E-state index contributed by atoms with van der Waals surface area (Å²) in [5, 5.41) is 11.3. The number of benzene rings is 1. The first-order valence-electron chi connectivity index (χ1n) is 5.90. The molecule has 2 rings (SSSR count). The van der Waals surface area contributed by atoms with E-state index in [1.165, 1.54) is 13.0 Å². The van der Waals surface area contributed by atoms with E-state index in [1.54, 1.807) is 0 Å². The lowest BCUT2D eigenvalue weighted by molar-refractivity contribution is -0.137. The molecule has 2 amide bonds. The summed E-state index contributed by atoms with van der Waals surface area (Å²) in [6.45, 7) is 1.21. The molecular weight excluding hydrogens is 289 g/mol. The van der Waals surface area contributed by atoms with Crippen LogP contribution < -0.4 is 10.2 Å². The van der Waals surface area contributed by atoms with Crippen LogP contribution in [0, 0.1) is 0 Å². The molecule has 0 radical (unpaired) electrons. The van der Waals surface area contributed by atoms with Crippen molar-refractivity contribution in [3.63, 3.8) is 0 Å². The summed E-state index contributed by atoms with van der Waals surface area (Å²) < 4.78 is 38.1. The SMILES string of the molecule is CC1=C(C(=O)O)CNC(=O)N1c1cccc(C(F)(F)F)c1. The molecule has 0 fully saturated rings. The second kappa shape index (κ2) is 5.12. The smallest absolute Gasteiger partial charge is 0.416 e. The zero-order valence-corrected chi connectivity index (χ0v) is 10.9. The van der Waals surface area contributed by atoms with Crippen molar-refractivity contribution in [3.05, 3.63) is 41.1 Å². The molecule has 8 heteroatoms. The van der Waals surface area contributed by atoms with Crippen molar-refractivity contribution in [2.45, 2.75) is 13.1 Å². The Hall–Kier alpha value is -2.51. The number of carbonyl (C=O) groups is 2. The first kappa shape index (κ1) is 14.9. The van der Waals surface area contributed by atoms with E-state index in [0.29, 0.717) is 0 Å². The van der Waals surface area contributed by atoms with Crippen LogP contribution >= 0.6 is 0 Å². The molecule has 0 saturated carbocycles. The largest absolute Gasteiger partial charge is 0.478 e. The van der Waals surface area contributed by atoms with Gasteiger partial charge in [0, 0.05) is 5.70 Å². The van der Waals surface area contributed by atoms with Gasteiger partial charge in [0.05, 0.1) is 23.4 Å². The number of carboxylic acids is 1. The van der Waals surface area contributed by atoms with Gasteiger partial charge in [-0.25, -0.2) is 9.59 Å². The van der Waals surface area contributed by atoms with Crippen LogP contribution in [0.5, 0.6) is 0 Å². The third-order valence-electron chi connectivity index (χ3n) is 3.08. The summed E-state index contributed by atoms with van der Waals surface area (Å²) in [5.74, 6) is -1.23. The maximum atomic E-state index is 12.7. The molecule has 0 unspecified atom stereocenters. The summed E-state index contributed by atoms with van der Waals surface area (Å²) in [5.41, 5.74) is -0.945. The molecular formula is C13H11F3N2O3. The Labute approximate surface area is 117 Å². The number of halogens is 3. The summed E-state index contributed by atoms with van der Waals surface area (Å²) in [6, 6.07) is 3.48. The van der Waals surface area contributed by atoms with Crippen LogP contribution in [0.15, 0.2) is 35.5 Å². The van der Waals surface area contributed by atoms with Crippen LogP contribution in [0.1, 0.15) is 12.5 Å². The quantitative estimate of drug-likeness (QED) is 0.882. The monoisotopic (exact) mass is 300 g/mol. The molecule has 1 aromatic rings. The molecule has 21 heavy (non-hydrogen) atoms. The standard InChI is InChI=1S/C13H11F3N2O3/c1-7-10(11(19)20)6-17-12(21)18(7)9-4-2-3-8(5-9)13(14,15)16/h2-5H,6H2,1H3,(H,17,21)(H,19,20). The number of aliphatic carboxylic acids is 1. The number of rotatable bonds is 2. The van der Waals surface area contributed by atoms with Gasteiger partial charge in [-0.05, 0) is 25.1 Å². The van der Waals surface area contributed by atoms with E-state index in [2.05, 4.69) is 5.32 Å². The van der Waals surface area contributed by atoms with Crippen LogP contribution in [0.2, 0.25) is 0 Å². The Balaban J connectivity index is 2.51. The third-order valence-corrected chi connectivity index (χ3v) is 3.08. The molecule has 0 spiro atoms. The topological polar surface area (TPSA) is 69.6 Å². The van der Waals surface area contributed by atoms with Crippen molar-refractivity contribution in [1.29, 1.82) is 0 Å². The lowest BCUT2D eigenvalue weighted by Crippen LogP contribution is -2.46. The first-order valence-corrected chi connectivity index (χ1v) is 5.90. The first-order chi connectivity index (χ1) is 9.71. The van der Waals surface area contributed by atoms with Gasteiger partial charge in [-0.1, -0.05) is 6.07 Å². The van der Waals surface area contributed by atoms with Crippen LogP contribution in [0.4, 0.5) is 23.7 Å². The maximum absolute atomic E-state index is 12.7. The zero-order chi connectivity index (χ0) is 15.8. The van der Waals surface area contributed by atoms with Gasteiger partial charge in [-0.3, -0.25) is 4.90 Å². The Morgan fingerprint density at radius 2 is 2.05 bits per heavy atom. The lowest BCUT2D eigenvalue weighted by Gasteiger charge is -2.30. The zero-order valence-electron chi connectivity index (χ0n) is 10.9. The van der Waals surface area contributed by atoms with E-state index >= 15 is 0 Å². The molecule has 2 N–H and O–H groups in total. The Bertz CT molecular complexity index is 638. The average Bonchev–Trinajstić information content (AvgIpc) is 2.37. The van der Waals surface area contributed by atoms with E-state index in [0.717, 1.165) is 23.1 Å². The van der Waals surface area contributed by atoms with E-state index in [-0.39, 0.29) is 23.5 Å². The Morgan fingerprint density at radius 3 is 2.62 bits per heavy atom. The minimum atomic E-state index is -4.55. The van der Waals surface area contributed by atoms with E-state index in [1.807, 2.05) is 0 Å². The number of nitrogens with one attached hydrogen (secondary N) is 1. The molecule has 1 aliphatic rings. The fourth-order valence-electron chi connectivity index (χ4n) is 2.02. The van der Waals surface area contributed by atoms with Crippen LogP contribution in [0.25, 0.3) is 0 Å².